The van der Waals surface area contributed by atoms with E-state index in [9.17, 15) is 4.79 Å². The van der Waals surface area contributed by atoms with Gasteiger partial charge in [-0.3, -0.25) is 4.79 Å². The minimum Gasteiger partial charge on any atom is -0.497 e. The van der Waals surface area contributed by atoms with Crippen LogP contribution in [0.2, 0.25) is 5.02 Å². The summed E-state index contributed by atoms with van der Waals surface area (Å²) >= 11 is 7.62. The molecule has 0 saturated carbocycles. The van der Waals surface area contributed by atoms with Crippen LogP contribution in [-0.2, 0) is 19.2 Å². The molecule has 0 bridgehead atoms. The number of carbonyl (C=O) groups is 1. The Balaban J connectivity index is 1.54. The van der Waals surface area contributed by atoms with E-state index < -0.39 is 0 Å². The Morgan fingerprint density at radius 2 is 1.87 bits per heavy atom. The Bertz CT molecular complexity index is 1000. The van der Waals surface area contributed by atoms with Gasteiger partial charge in [0, 0.05) is 42.4 Å². The highest BCUT2D eigenvalue weighted by Crippen LogP contribution is 2.23. The van der Waals surface area contributed by atoms with E-state index in [1.165, 1.54) is 0 Å². The highest BCUT2D eigenvalue weighted by molar-refractivity contribution is 7.98. The van der Waals surface area contributed by atoms with E-state index in [2.05, 4.69) is 15.5 Å². The molecule has 0 radical (unpaired) electrons. The van der Waals surface area contributed by atoms with Crippen molar-refractivity contribution in [2.24, 2.45) is 7.05 Å². The number of rotatable bonds is 9. The largest absolute Gasteiger partial charge is 0.497 e. The standard InChI is InChI=1S/C21H23ClN4O3S/c1-26-19(24-25-21(26)30-13-14-5-4-6-16(22)9-14)7-8-23-20(27)15-10-17(28-2)12-18(11-15)29-3/h4-6,9-12H,7-8,13H2,1-3H3,(H,23,27). The molecule has 0 fully saturated rings. The number of hydrogen-bond donors (Lipinski definition) is 1. The lowest BCUT2D eigenvalue weighted by Gasteiger charge is -2.09. The molecule has 0 atom stereocenters. The Morgan fingerprint density at radius 1 is 1.13 bits per heavy atom. The number of amides is 1. The summed E-state index contributed by atoms with van der Waals surface area (Å²) < 4.78 is 12.4. The molecule has 2 aromatic carbocycles. The summed E-state index contributed by atoms with van der Waals surface area (Å²) in [5.74, 6) is 2.47. The average Bonchev–Trinajstić information content (AvgIpc) is 3.11. The highest BCUT2D eigenvalue weighted by atomic mass is 35.5. The van der Waals surface area contributed by atoms with E-state index in [1.54, 1.807) is 44.2 Å². The Hall–Kier alpha value is -2.71. The van der Waals surface area contributed by atoms with Crippen LogP contribution < -0.4 is 14.8 Å². The number of aromatic nitrogens is 3. The minimum absolute atomic E-state index is 0.204. The number of methoxy groups -OCH3 is 2. The molecule has 1 aromatic heterocycles. The highest BCUT2D eigenvalue weighted by Gasteiger charge is 2.12. The van der Waals surface area contributed by atoms with E-state index in [1.807, 2.05) is 35.9 Å². The van der Waals surface area contributed by atoms with Crippen LogP contribution in [0.4, 0.5) is 0 Å². The maximum absolute atomic E-state index is 12.5. The average molecular weight is 447 g/mol. The smallest absolute Gasteiger partial charge is 0.251 e. The van der Waals surface area contributed by atoms with E-state index in [0.29, 0.717) is 30.0 Å². The zero-order valence-electron chi connectivity index (χ0n) is 17.0. The topological polar surface area (TPSA) is 78.3 Å². The number of halogens is 1. The van der Waals surface area contributed by atoms with Crippen LogP contribution >= 0.6 is 23.4 Å². The molecule has 0 saturated heterocycles. The van der Waals surface area contributed by atoms with Crippen molar-refractivity contribution >= 4 is 29.3 Å². The van der Waals surface area contributed by atoms with Gasteiger partial charge in [-0.15, -0.1) is 10.2 Å². The van der Waals surface area contributed by atoms with Crippen molar-refractivity contribution < 1.29 is 14.3 Å². The zero-order chi connectivity index (χ0) is 21.5. The van der Waals surface area contributed by atoms with E-state index in [0.717, 1.165) is 27.3 Å². The minimum atomic E-state index is -0.204. The van der Waals surface area contributed by atoms with Crippen molar-refractivity contribution in [3.63, 3.8) is 0 Å². The van der Waals surface area contributed by atoms with Crippen LogP contribution in [0, 0.1) is 0 Å². The van der Waals surface area contributed by atoms with Crippen LogP contribution in [0.5, 0.6) is 11.5 Å². The van der Waals surface area contributed by atoms with Gasteiger partial charge < -0.3 is 19.4 Å². The van der Waals surface area contributed by atoms with Crippen LogP contribution in [0.25, 0.3) is 0 Å². The molecule has 3 rings (SSSR count). The molecule has 1 heterocycles. The quantitative estimate of drug-likeness (QED) is 0.504. The van der Waals surface area contributed by atoms with Gasteiger partial charge in [0.2, 0.25) is 0 Å². The normalized spacial score (nSPS) is 10.7. The summed E-state index contributed by atoms with van der Waals surface area (Å²) in [5, 5.41) is 12.9. The molecule has 0 spiro atoms. The van der Waals surface area contributed by atoms with Gasteiger partial charge in [-0.1, -0.05) is 35.5 Å². The molecule has 9 heteroatoms. The molecule has 1 amide bonds. The Labute approximate surface area is 184 Å². The van der Waals surface area contributed by atoms with Crippen LogP contribution in [-0.4, -0.2) is 41.4 Å². The number of nitrogens with one attached hydrogen (secondary N) is 1. The fourth-order valence-corrected chi connectivity index (χ4v) is 3.88. The summed E-state index contributed by atoms with van der Waals surface area (Å²) in [6, 6.07) is 12.8. The molecular formula is C21H23ClN4O3S. The van der Waals surface area contributed by atoms with E-state index in [-0.39, 0.29) is 5.91 Å². The molecule has 158 valence electrons. The van der Waals surface area contributed by atoms with Gasteiger partial charge in [-0.2, -0.15) is 0 Å². The second-order valence-corrected chi connectivity index (χ2v) is 7.86. The summed E-state index contributed by atoms with van der Waals surface area (Å²) in [4.78, 5) is 12.5. The summed E-state index contributed by atoms with van der Waals surface area (Å²) in [7, 11) is 5.02. The Kier molecular flexibility index (Phi) is 7.59. The van der Waals surface area contributed by atoms with Crippen molar-refractivity contribution in [3.05, 3.63) is 64.4 Å². The number of benzene rings is 2. The fraction of sp³-hybridized carbons (Fsp3) is 0.286. The first kappa shape index (κ1) is 22.0. The van der Waals surface area contributed by atoms with Crippen molar-refractivity contribution in [1.82, 2.24) is 20.1 Å². The molecule has 0 aliphatic rings. The van der Waals surface area contributed by atoms with Crippen molar-refractivity contribution in [1.29, 1.82) is 0 Å². The van der Waals surface area contributed by atoms with Gasteiger partial charge in [-0.05, 0) is 29.8 Å². The monoisotopic (exact) mass is 446 g/mol. The summed E-state index contributed by atoms with van der Waals surface area (Å²) in [6.45, 7) is 0.434. The first-order valence-corrected chi connectivity index (χ1v) is 10.6. The first-order valence-electron chi connectivity index (χ1n) is 9.27. The summed E-state index contributed by atoms with van der Waals surface area (Å²) in [5.41, 5.74) is 1.60. The molecule has 1 N–H and O–H groups in total. The van der Waals surface area contributed by atoms with Gasteiger partial charge in [0.05, 0.1) is 14.2 Å². The number of nitrogens with zero attached hydrogens (tertiary/aromatic N) is 3. The van der Waals surface area contributed by atoms with Crippen molar-refractivity contribution in [2.45, 2.75) is 17.3 Å². The third-order valence-electron chi connectivity index (χ3n) is 4.43. The second kappa shape index (κ2) is 10.4. The van der Waals surface area contributed by atoms with Gasteiger partial charge in [0.15, 0.2) is 5.16 Å². The van der Waals surface area contributed by atoms with Gasteiger partial charge in [0.25, 0.3) is 5.91 Å². The van der Waals surface area contributed by atoms with Crippen LogP contribution in [0.15, 0.2) is 47.6 Å². The van der Waals surface area contributed by atoms with Crippen molar-refractivity contribution in [2.75, 3.05) is 20.8 Å². The SMILES string of the molecule is COc1cc(OC)cc(C(=O)NCCc2nnc(SCc3cccc(Cl)c3)n2C)c1. The predicted molar refractivity (Wildman–Crippen MR) is 118 cm³/mol. The first-order chi connectivity index (χ1) is 14.5. The van der Waals surface area contributed by atoms with Gasteiger partial charge >= 0.3 is 0 Å². The van der Waals surface area contributed by atoms with E-state index in [4.69, 9.17) is 21.1 Å². The lowest BCUT2D eigenvalue weighted by Crippen LogP contribution is -2.26. The third kappa shape index (κ3) is 5.67. The molecule has 0 aliphatic carbocycles. The molecule has 3 aromatic rings. The molecule has 30 heavy (non-hydrogen) atoms. The molecule has 7 nitrogen and oxygen atoms in total. The number of hydrogen-bond acceptors (Lipinski definition) is 6. The number of carbonyl (C=O) groups excluding carboxylic acids is 1. The lowest BCUT2D eigenvalue weighted by atomic mass is 10.2. The molecule has 0 aliphatic heterocycles. The van der Waals surface area contributed by atoms with Gasteiger partial charge in [0.1, 0.15) is 17.3 Å². The third-order valence-corrected chi connectivity index (χ3v) is 5.76. The van der Waals surface area contributed by atoms with Crippen molar-refractivity contribution in [3.8, 4) is 11.5 Å². The lowest BCUT2D eigenvalue weighted by molar-refractivity contribution is 0.0953. The van der Waals surface area contributed by atoms with Crippen LogP contribution in [0.1, 0.15) is 21.7 Å². The molecular weight excluding hydrogens is 424 g/mol. The molecule has 0 unspecified atom stereocenters. The zero-order valence-corrected chi connectivity index (χ0v) is 18.6. The van der Waals surface area contributed by atoms with Crippen LogP contribution in [0.3, 0.4) is 0 Å². The maximum Gasteiger partial charge on any atom is 0.251 e. The predicted octanol–water partition coefficient (Wildman–Crippen LogP) is 3.75. The fourth-order valence-electron chi connectivity index (χ4n) is 2.79. The van der Waals surface area contributed by atoms with Gasteiger partial charge in [-0.25, -0.2) is 0 Å². The van der Waals surface area contributed by atoms with E-state index >= 15 is 0 Å². The number of thioether (sulfide) groups is 1. The Morgan fingerprint density at radius 3 is 2.53 bits per heavy atom. The summed E-state index contributed by atoms with van der Waals surface area (Å²) in [6.07, 6.45) is 0.564. The second-order valence-electron chi connectivity index (χ2n) is 6.48. The maximum atomic E-state index is 12.5. The number of ether oxygens (including phenoxy) is 2.